The standard InChI is InChI=1S/C22H27F3O2/c1-14(8-10-18-11-12-20(27-6)19(23)13-18)7-9-15(2)16(3)21(24)22(25)17(4)26-5/h8,10-15H,3-4,7,9H2,1-2,5-6H3/b10-8+,22-21-. The zero-order valence-corrected chi connectivity index (χ0v) is 16.3. The summed E-state index contributed by atoms with van der Waals surface area (Å²) in [6, 6.07) is 4.74. The molecule has 27 heavy (non-hydrogen) atoms. The molecule has 0 aliphatic rings. The molecule has 0 fully saturated rings. The fourth-order valence-electron chi connectivity index (χ4n) is 2.41. The summed E-state index contributed by atoms with van der Waals surface area (Å²) < 4.78 is 51.0. The summed E-state index contributed by atoms with van der Waals surface area (Å²) >= 11 is 0. The molecule has 0 aliphatic heterocycles. The lowest BCUT2D eigenvalue weighted by Crippen LogP contribution is -2.04. The minimum absolute atomic E-state index is 0.0825. The van der Waals surface area contributed by atoms with E-state index in [9.17, 15) is 13.2 Å². The van der Waals surface area contributed by atoms with Crippen molar-refractivity contribution in [2.24, 2.45) is 11.8 Å². The van der Waals surface area contributed by atoms with Gasteiger partial charge in [-0.1, -0.05) is 45.2 Å². The molecule has 0 heterocycles. The normalized spacial score (nSPS) is 14.5. The van der Waals surface area contributed by atoms with Gasteiger partial charge in [-0.15, -0.1) is 0 Å². The van der Waals surface area contributed by atoms with Gasteiger partial charge in [0.25, 0.3) is 0 Å². The second kappa shape index (κ2) is 10.7. The summed E-state index contributed by atoms with van der Waals surface area (Å²) in [7, 11) is 2.64. The highest BCUT2D eigenvalue weighted by atomic mass is 19.2. The van der Waals surface area contributed by atoms with Gasteiger partial charge in [0.1, 0.15) is 5.76 Å². The predicted octanol–water partition coefficient (Wildman–Crippen LogP) is 6.77. The van der Waals surface area contributed by atoms with Crippen LogP contribution in [-0.2, 0) is 4.74 Å². The average Bonchev–Trinajstić information content (AvgIpc) is 2.67. The monoisotopic (exact) mass is 380 g/mol. The Hall–Kier alpha value is -2.43. The molecular formula is C22H27F3O2. The fourth-order valence-corrected chi connectivity index (χ4v) is 2.41. The number of methoxy groups -OCH3 is 2. The zero-order chi connectivity index (χ0) is 20.6. The molecule has 0 N–H and O–H groups in total. The van der Waals surface area contributed by atoms with Crippen LogP contribution in [0.15, 0.2) is 60.4 Å². The van der Waals surface area contributed by atoms with E-state index in [-0.39, 0.29) is 28.9 Å². The Morgan fingerprint density at radius 3 is 2.33 bits per heavy atom. The molecule has 5 heteroatoms. The van der Waals surface area contributed by atoms with E-state index in [4.69, 9.17) is 4.74 Å². The number of benzene rings is 1. The van der Waals surface area contributed by atoms with Gasteiger partial charge in [0.05, 0.1) is 14.2 Å². The molecular weight excluding hydrogens is 353 g/mol. The summed E-state index contributed by atoms with van der Waals surface area (Å²) in [5.41, 5.74) is 0.811. The summed E-state index contributed by atoms with van der Waals surface area (Å²) in [6.07, 6.45) is 5.16. The van der Waals surface area contributed by atoms with Crippen molar-refractivity contribution in [1.82, 2.24) is 0 Å². The Bertz CT molecular complexity index is 735. The molecule has 1 aromatic carbocycles. The van der Waals surface area contributed by atoms with Gasteiger partial charge in [0, 0.05) is 0 Å². The second-order valence-electron chi connectivity index (χ2n) is 6.49. The van der Waals surface area contributed by atoms with Crippen molar-refractivity contribution >= 4 is 6.08 Å². The maximum atomic E-state index is 14.1. The number of hydrogen-bond acceptors (Lipinski definition) is 2. The van der Waals surface area contributed by atoms with Gasteiger partial charge in [0.15, 0.2) is 23.2 Å². The van der Waals surface area contributed by atoms with E-state index in [1.165, 1.54) is 20.3 Å². The van der Waals surface area contributed by atoms with Crippen molar-refractivity contribution in [1.29, 1.82) is 0 Å². The Labute approximate surface area is 159 Å². The first-order chi connectivity index (χ1) is 12.7. The van der Waals surface area contributed by atoms with Crippen LogP contribution < -0.4 is 4.74 Å². The molecule has 0 aromatic heterocycles. The Morgan fingerprint density at radius 1 is 1.11 bits per heavy atom. The summed E-state index contributed by atoms with van der Waals surface area (Å²) in [6.45, 7) is 10.7. The van der Waals surface area contributed by atoms with Gasteiger partial charge in [0.2, 0.25) is 0 Å². The molecule has 0 amide bonds. The van der Waals surface area contributed by atoms with Crippen LogP contribution in [0, 0.1) is 17.7 Å². The topological polar surface area (TPSA) is 18.5 Å². The molecule has 148 valence electrons. The zero-order valence-electron chi connectivity index (χ0n) is 16.3. The van der Waals surface area contributed by atoms with Crippen molar-refractivity contribution in [3.63, 3.8) is 0 Å². The van der Waals surface area contributed by atoms with Gasteiger partial charge in [-0.2, -0.15) is 4.39 Å². The first-order valence-electron chi connectivity index (χ1n) is 8.70. The van der Waals surface area contributed by atoms with E-state index in [0.29, 0.717) is 6.42 Å². The van der Waals surface area contributed by atoms with Gasteiger partial charge in [-0.25, -0.2) is 8.78 Å². The number of rotatable bonds is 10. The van der Waals surface area contributed by atoms with Crippen LogP contribution in [0.2, 0.25) is 0 Å². The Morgan fingerprint density at radius 2 is 1.78 bits per heavy atom. The smallest absolute Gasteiger partial charge is 0.200 e. The van der Waals surface area contributed by atoms with E-state index in [1.807, 2.05) is 19.1 Å². The summed E-state index contributed by atoms with van der Waals surface area (Å²) in [5.74, 6) is -2.78. The number of hydrogen-bond donors (Lipinski definition) is 0. The third kappa shape index (κ3) is 6.66. The Kier molecular flexibility index (Phi) is 8.92. The lowest BCUT2D eigenvalue weighted by atomic mass is 9.91. The van der Waals surface area contributed by atoms with Crippen LogP contribution in [0.25, 0.3) is 6.08 Å². The van der Waals surface area contributed by atoms with Gasteiger partial charge >= 0.3 is 0 Å². The van der Waals surface area contributed by atoms with Crippen molar-refractivity contribution in [2.45, 2.75) is 26.7 Å². The molecule has 2 nitrogen and oxygen atoms in total. The molecule has 0 bridgehead atoms. The highest BCUT2D eigenvalue weighted by Gasteiger charge is 2.18. The van der Waals surface area contributed by atoms with Crippen molar-refractivity contribution in [3.8, 4) is 5.75 Å². The third-order valence-electron chi connectivity index (χ3n) is 4.41. The fraction of sp³-hybridized carbons (Fsp3) is 0.364. The minimum atomic E-state index is -1.12. The third-order valence-corrected chi connectivity index (χ3v) is 4.41. The molecule has 2 atom stereocenters. The van der Waals surface area contributed by atoms with Gasteiger partial charge in [-0.3, -0.25) is 0 Å². The molecule has 2 unspecified atom stereocenters. The van der Waals surface area contributed by atoms with E-state index in [2.05, 4.69) is 17.9 Å². The number of ether oxygens (including phenoxy) is 2. The molecule has 0 aliphatic carbocycles. The van der Waals surface area contributed by atoms with Crippen LogP contribution in [0.3, 0.4) is 0 Å². The first-order valence-corrected chi connectivity index (χ1v) is 8.70. The quantitative estimate of drug-likeness (QED) is 0.329. The van der Waals surface area contributed by atoms with E-state index in [0.717, 1.165) is 12.0 Å². The van der Waals surface area contributed by atoms with Crippen molar-refractivity contribution in [2.75, 3.05) is 14.2 Å². The lowest BCUT2D eigenvalue weighted by molar-refractivity contribution is 0.280. The average molecular weight is 380 g/mol. The summed E-state index contributed by atoms with van der Waals surface area (Å²) in [5, 5.41) is 0. The number of allylic oxidation sites excluding steroid dienone is 4. The maximum Gasteiger partial charge on any atom is 0.200 e. The summed E-state index contributed by atoms with van der Waals surface area (Å²) in [4.78, 5) is 0. The molecule has 0 saturated heterocycles. The minimum Gasteiger partial charge on any atom is -0.494 e. The molecule has 0 spiro atoms. The number of halogens is 3. The van der Waals surface area contributed by atoms with E-state index in [1.54, 1.807) is 19.1 Å². The molecule has 0 saturated carbocycles. The molecule has 1 rings (SSSR count). The van der Waals surface area contributed by atoms with Crippen LogP contribution >= 0.6 is 0 Å². The van der Waals surface area contributed by atoms with Crippen molar-refractivity contribution in [3.05, 3.63) is 71.8 Å². The van der Waals surface area contributed by atoms with E-state index < -0.39 is 17.5 Å². The lowest BCUT2D eigenvalue weighted by Gasteiger charge is -2.16. The SMILES string of the molecule is C=C(OC)/C(F)=C(/F)C(=C)C(C)CCC(C)/C=C/c1ccc(OC)c(F)c1. The van der Waals surface area contributed by atoms with E-state index >= 15 is 0 Å². The van der Waals surface area contributed by atoms with Crippen LogP contribution in [0.5, 0.6) is 5.75 Å². The van der Waals surface area contributed by atoms with Crippen molar-refractivity contribution < 1.29 is 22.6 Å². The predicted molar refractivity (Wildman–Crippen MR) is 104 cm³/mol. The van der Waals surface area contributed by atoms with Gasteiger partial charge < -0.3 is 9.47 Å². The van der Waals surface area contributed by atoms with Gasteiger partial charge in [-0.05, 0) is 47.9 Å². The highest BCUT2D eigenvalue weighted by Crippen LogP contribution is 2.30. The molecule has 1 aromatic rings. The first kappa shape index (κ1) is 22.6. The highest BCUT2D eigenvalue weighted by molar-refractivity contribution is 5.51. The van der Waals surface area contributed by atoms with Crippen LogP contribution in [0.4, 0.5) is 13.2 Å². The van der Waals surface area contributed by atoms with Crippen LogP contribution in [-0.4, -0.2) is 14.2 Å². The maximum absolute atomic E-state index is 14.1. The van der Waals surface area contributed by atoms with Crippen LogP contribution in [0.1, 0.15) is 32.3 Å². The Balaban J connectivity index is 2.63. The second-order valence-corrected chi connectivity index (χ2v) is 6.49. The molecule has 0 radical (unpaired) electrons. The largest absolute Gasteiger partial charge is 0.494 e.